The monoisotopic (exact) mass is 548 g/mol. The first kappa shape index (κ1) is 27.7. The topological polar surface area (TPSA) is 102 Å². The van der Waals surface area contributed by atoms with Crippen LogP contribution in [0.5, 0.6) is 5.75 Å². The first-order valence-electron chi connectivity index (χ1n) is 11.1. The van der Waals surface area contributed by atoms with Crippen LogP contribution in [-0.2, 0) is 11.3 Å². The molecule has 2 amide bonds. The maximum atomic E-state index is 12.6. The molecule has 3 aromatic rings. The van der Waals surface area contributed by atoms with Crippen molar-refractivity contribution in [3.8, 4) is 5.75 Å². The lowest BCUT2D eigenvalue weighted by Gasteiger charge is -2.17. The van der Waals surface area contributed by atoms with Gasteiger partial charge in [-0.3, -0.25) is 14.2 Å². The minimum absolute atomic E-state index is 0.0929. The van der Waals surface area contributed by atoms with Crippen molar-refractivity contribution in [3.05, 3.63) is 57.3 Å². The van der Waals surface area contributed by atoms with E-state index in [4.69, 9.17) is 16.3 Å². The normalized spacial score (nSPS) is 11.8. The number of hydrogen-bond acceptors (Lipinski definition) is 8. The van der Waals surface area contributed by atoms with Crippen molar-refractivity contribution < 1.29 is 14.3 Å². The SMILES string of the molecule is C=CCn1c(SCC(=O)Nc2nc(C)c(C(=O)N(C)C)s2)nnc1C(C)Oc1cc(C)c(Cl)c(C)c1. The van der Waals surface area contributed by atoms with Gasteiger partial charge in [0.2, 0.25) is 5.91 Å². The van der Waals surface area contributed by atoms with Crippen molar-refractivity contribution in [2.75, 3.05) is 25.2 Å². The lowest BCUT2D eigenvalue weighted by Crippen LogP contribution is -2.21. The van der Waals surface area contributed by atoms with Crippen LogP contribution in [0.4, 0.5) is 5.13 Å². The molecule has 0 saturated heterocycles. The van der Waals surface area contributed by atoms with E-state index in [9.17, 15) is 9.59 Å². The number of thioether (sulfide) groups is 1. The Hall–Kier alpha value is -2.89. The molecule has 0 spiro atoms. The Morgan fingerprint density at radius 2 is 1.94 bits per heavy atom. The summed E-state index contributed by atoms with van der Waals surface area (Å²) in [7, 11) is 3.35. The number of rotatable bonds is 10. The van der Waals surface area contributed by atoms with Gasteiger partial charge in [-0.1, -0.05) is 40.8 Å². The Kier molecular flexibility index (Phi) is 9.15. The molecule has 0 saturated carbocycles. The van der Waals surface area contributed by atoms with E-state index in [2.05, 4.69) is 27.1 Å². The summed E-state index contributed by atoms with van der Waals surface area (Å²) < 4.78 is 8.00. The molecule has 2 heterocycles. The fraction of sp³-hybridized carbons (Fsp3) is 0.375. The largest absolute Gasteiger partial charge is 0.483 e. The van der Waals surface area contributed by atoms with Crippen LogP contribution in [0, 0.1) is 20.8 Å². The van der Waals surface area contributed by atoms with Crippen LogP contribution in [0.2, 0.25) is 5.02 Å². The molecule has 36 heavy (non-hydrogen) atoms. The van der Waals surface area contributed by atoms with Crippen LogP contribution in [0.25, 0.3) is 0 Å². The summed E-state index contributed by atoms with van der Waals surface area (Å²) >= 11 is 8.67. The van der Waals surface area contributed by atoms with Gasteiger partial charge in [0.25, 0.3) is 5.91 Å². The Morgan fingerprint density at radius 3 is 2.56 bits per heavy atom. The minimum atomic E-state index is -0.397. The standard InChI is InChI=1S/C24H29ClN6O3S2/c1-8-9-31-21(16(5)34-17-10-13(2)19(25)14(3)11-17)28-29-24(31)35-12-18(32)27-23-26-15(4)20(36-23)22(33)30(6)7/h8,10-11,16H,1,9,12H2,2-7H3,(H,26,27,32). The second kappa shape index (κ2) is 11.9. The molecule has 2 aromatic heterocycles. The molecule has 0 radical (unpaired) electrons. The zero-order chi connectivity index (χ0) is 26.6. The first-order chi connectivity index (χ1) is 17.0. The number of amides is 2. The quantitative estimate of drug-likeness (QED) is 0.278. The third kappa shape index (κ3) is 6.45. The van der Waals surface area contributed by atoms with Crippen LogP contribution < -0.4 is 10.1 Å². The molecule has 12 heteroatoms. The van der Waals surface area contributed by atoms with Crippen molar-refractivity contribution >= 4 is 51.6 Å². The smallest absolute Gasteiger partial charge is 0.265 e. The molecular weight excluding hydrogens is 520 g/mol. The number of carbonyl (C=O) groups is 2. The van der Waals surface area contributed by atoms with Crippen LogP contribution in [0.15, 0.2) is 29.9 Å². The number of ether oxygens (including phenoxy) is 1. The second-order valence-corrected chi connectivity index (χ2v) is 10.7. The third-order valence-electron chi connectivity index (χ3n) is 5.12. The zero-order valence-electron chi connectivity index (χ0n) is 21.1. The lowest BCUT2D eigenvalue weighted by molar-refractivity contribution is -0.113. The Labute approximate surface area is 223 Å². The molecular formula is C24H29ClN6O3S2. The van der Waals surface area contributed by atoms with Gasteiger partial charge in [-0.05, 0) is 51.0 Å². The van der Waals surface area contributed by atoms with Gasteiger partial charge in [0.15, 0.2) is 22.2 Å². The van der Waals surface area contributed by atoms with E-state index < -0.39 is 6.10 Å². The first-order valence-corrected chi connectivity index (χ1v) is 13.3. The van der Waals surface area contributed by atoms with Gasteiger partial charge in [0.05, 0.1) is 11.4 Å². The van der Waals surface area contributed by atoms with Gasteiger partial charge in [-0.25, -0.2) is 4.98 Å². The van der Waals surface area contributed by atoms with Gasteiger partial charge >= 0.3 is 0 Å². The summed E-state index contributed by atoms with van der Waals surface area (Å²) in [5, 5.41) is 13.0. The average Bonchev–Trinajstić information content (AvgIpc) is 3.38. The summed E-state index contributed by atoms with van der Waals surface area (Å²) in [4.78, 5) is 31.1. The van der Waals surface area contributed by atoms with Crippen molar-refractivity contribution in [1.82, 2.24) is 24.6 Å². The maximum Gasteiger partial charge on any atom is 0.265 e. The van der Waals surface area contributed by atoms with E-state index in [1.165, 1.54) is 16.7 Å². The van der Waals surface area contributed by atoms with Gasteiger partial charge in [-0.15, -0.1) is 16.8 Å². The molecule has 3 rings (SSSR count). The predicted molar refractivity (Wildman–Crippen MR) is 144 cm³/mol. The lowest BCUT2D eigenvalue weighted by atomic mass is 10.1. The molecule has 1 aromatic carbocycles. The highest BCUT2D eigenvalue weighted by Crippen LogP contribution is 2.30. The molecule has 1 atom stereocenters. The molecule has 0 aliphatic carbocycles. The van der Waals surface area contributed by atoms with Crippen molar-refractivity contribution in [2.24, 2.45) is 0 Å². The van der Waals surface area contributed by atoms with Gasteiger partial charge < -0.3 is 15.0 Å². The number of anilines is 1. The summed E-state index contributed by atoms with van der Waals surface area (Å²) in [6.07, 6.45) is 1.34. The molecule has 9 nitrogen and oxygen atoms in total. The highest BCUT2D eigenvalue weighted by atomic mass is 35.5. The molecule has 192 valence electrons. The number of carbonyl (C=O) groups excluding carboxylic acids is 2. The molecule has 1 unspecified atom stereocenters. The van der Waals surface area contributed by atoms with Crippen molar-refractivity contribution in [2.45, 2.75) is 45.5 Å². The van der Waals surface area contributed by atoms with E-state index in [1.807, 2.05) is 37.5 Å². The van der Waals surface area contributed by atoms with Gasteiger partial charge in [-0.2, -0.15) is 0 Å². The summed E-state index contributed by atoms with van der Waals surface area (Å²) in [5.41, 5.74) is 2.45. The number of allylic oxidation sites excluding steroid dienone is 1. The molecule has 0 aliphatic rings. The third-order valence-corrected chi connectivity index (χ3v) is 7.74. The van der Waals surface area contributed by atoms with Gasteiger partial charge in [0.1, 0.15) is 10.6 Å². The Bertz CT molecular complexity index is 1260. The number of nitrogens with zero attached hydrogens (tertiary/aromatic N) is 5. The van der Waals surface area contributed by atoms with Crippen molar-refractivity contribution in [1.29, 1.82) is 0 Å². The highest BCUT2D eigenvalue weighted by molar-refractivity contribution is 7.99. The number of benzene rings is 1. The van der Waals surface area contributed by atoms with E-state index in [0.29, 0.717) is 39.0 Å². The number of aromatic nitrogens is 4. The van der Waals surface area contributed by atoms with Crippen LogP contribution in [0.3, 0.4) is 0 Å². The van der Waals surface area contributed by atoms with Crippen LogP contribution >= 0.6 is 34.7 Å². The fourth-order valence-electron chi connectivity index (χ4n) is 3.38. The van der Waals surface area contributed by atoms with Crippen molar-refractivity contribution in [3.63, 3.8) is 0 Å². The van der Waals surface area contributed by atoms with Gasteiger partial charge in [0, 0.05) is 25.7 Å². The highest BCUT2D eigenvalue weighted by Gasteiger charge is 2.21. The molecule has 0 bridgehead atoms. The summed E-state index contributed by atoms with van der Waals surface area (Å²) in [6.45, 7) is 11.8. The number of halogens is 1. The maximum absolute atomic E-state index is 12.6. The summed E-state index contributed by atoms with van der Waals surface area (Å²) in [6, 6.07) is 3.77. The Morgan fingerprint density at radius 1 is 1.28 bits per heavy atom. The number of nitrogens with one attached hydrogen (secondary N) is 1. The fourth-order valence-corrected chi connectivity index (χ4v) is 5.24. The number of hydrogen-bond donors (Lipinski definition) is 1. The number of thiazole rings is 1. The average molecular weight is 549 g/mol. The zero-order valence-corrected chi connectivity index (χ0v) is 23.5. The minimum Gasteiger partial charge on any atom is -0.483 e. The predicted octanol–water partition coefficient (Wildman–Crippen LogP) is 5.07. The summed E-state index contributed by atoms with van der Waals surface area (Å²) in [5.74, 6) is 0.990. The number of aryl methyl sites for hydroxylation is 3. The Balaban J connectivity index is 1.68. The molecule has 0 fully saturated rings. The van der Waals surface area contributed by atoms with E-state index >= 15 is 0 Å². The molecule has 1 N–H and O–H groups in total. The van der Waals surface area contributed by atoms with Crippen LogP contribution in [0.1, 0.15) is 45.3 Å². The second-order valence-electron chi connectivity index (χ2n) is 8.34. The van der Waals surface area contributed by atoms with E-state index in [1.54, 1.807) is 27.1 Å². The van der Waals surface area contributed by atoms with Crippen LogP contribution in [-0.4, -0.2) is 56.3 Å². The van der Waals surface area contributed by atoms with E-state index in [-0.39, 0.29) is 17.6 Å². The molecule has 0 aliphatic heterocycles. The van der Waals surface area contributed by atoms with E-state index in [0.717, 1.165) is 27.5 Å².